The molecule has 0 radical (unpaired) electrons. The summed E-state index contributed by atoms with van der Waals surface area (Å²) in [6, 6.07) is 19.5. The average molecular weight is 497 g/mol. The minimum Gasteiger partial charge on any atom is -0.497 e. The third kappa shape index (κ3) is 4.88. The van der Waals surface area contributed by atoms with Crippen LogP contribution in [-0.2, 0) is 11.3 Å². The average Bonchev–Trinajstić information content (AvgIpc) is 3.10. The van der Waals surface area contributed by atoms with Gasteiger partial charge in [-0.25, -0.2) is 0 Å². The van der Waals surface area contributed by atoms with Crippen molar-refractivity contribution in [2.24, 2.45) is 0 Å². The summed E-state index contributed by atoms with van der Waals surface area (Å²) in [5, 5.41) is 3.96. The number of hydrogen-bond donors (Lipinski definition) is 1. The van der Waals surface area contributed by atoms with Gasteiger partial charge in [0.05, 0.1) is 24.8 Å². The number of ketones is 1. The van der Waals surface area contributed by atoms with Gasteiger partial charge in [0, 0.05) is 28.7 Å². The number of aromatic nitrogens is 1. The van der Waals surface area contributed by atoms with Crippen molar-refractivity contribution in [2.45, 2.75) is 13.5 Å². The van der Waals surface area contributed by atoms with Gasteiger partial charge in [-0.3, -0.25) is 9.59 Å². The van der Waals surface area contributed by atoms with E-state index in [1.165, 1.54) is 7.11 Å². The SMILES string of the molecule is CCOc1ccc2c(c1)c(C(=O)C(=O)Nc1cccc(OC)c1)c(Cl)n2Cc1ccc(Cl)cc1. The highest BCUT2D eigenvalue weighted by Gasteiger charge is 2.27. The third-order valence-corrected chi connectivity index (χ3v) is 5.94. The molecular formula is C26H22Cl2N2O4. The number of halogens is 2. The number of hydrogen-bond acceptors (Lipinski definition) is 4. The standard InChI is InChI=1S/C26H22Cl2N2O4/c1-3-34-20-11-12-22-21(14-20)23(25(28)30(22)15-16-7-9-17(27)10-8-16)24(31)26(32)29-18-5-4-6-19(13-18)33-2/h4-14H,3,15H2,1-2H3,(H,29,32). The Morgan fingerprint density at radius 3 is 2.44 bits per heavy atom. The summed E-state index contributed by atoms with van der Waals surface area (Å²) < 4.78 is 12.6. The minimum atomic E-state index is -0.803. The molecule has 0 aliphatic carbocycles. The van der Waals surface area contributed by atoms with E-state index >= 15 is 0 Å². The largest absolute Gasteiger partial charge is 0.497 e. The summed E-state index contributed by atoms with van der Waals surface area (Å²) in [6.45, 7) is 2.73. The van der Waals surface area contributed by atoms with E-state index < -0.39 is 11.7 Å². The number of nitrogens with one attached hydrogen (secondary N) is 1. The predicted octanol–water partition coefficient (Wildman–Crippen LogP) is 6.23. The molecule has 0 bridgehead atoms. The Labute approximate surface area is 207 Å². The first kappa shape index (κ1) is 23.7. The molecule has 1 amide bonds. The summed E-state index contributed by atoms with van der Waals surface area (Å²) in [7, 11) is 1.53. The highest BCUT2D eigenvalue weighted by Crippen LogP contribution is 2.34. The molecule has 6 nitrogen and oxygen atoms in total. The lowest BCUT2D eigenvalue weighted by molar-refractivity contribution is -0.112. The van der Waals surface area contributed by atoms with Gasteiger partial charge < -0.3 is 19.4 Å². The van der Waals surface area contributed by atoms with Gasteiger partial charge in [-0.1, -0.05) is 41.4 Å². The zero-order valence-electron chi connectivity index (χ0n) is 18.6. The smallest absolute Gasteiger partial charge is 0.296 e. The maximum absolute atomic E-state index is 13.3. The number of fused-ring (bicyclic) bond motifs is 1. The monoisotopic (exact) mass is 496 g/mol. The van der Waals surface area contributed by atoms with Crippen LogP contribution < -0.4 is 14.8 Å². The third-order valence-electron chi connectivity index (χ3n) is 5.30. The van der Waals surface area contributed by atoms with Crippen molar-refractivity contribution < 1.29 is 19.1 Å². The van der Waals surface area contributed by atoms with Gasteiger partial charge in [0.25, 0.3) is 11.7 Å². The molecule has 0 unspecified atom stereocenters. The van der Waals surface area contributed by atoms with Gasteiger partial charge >= 0.3 is 0 Å². The normalized spacial score (nSPS) is 10.8. The predicted molar refractivity (Wildman–Crippen MR) is 135 cm³/mol. The van der Waals surface area contributed by atoms with E-state index in [4.69, 9.17) is 32.7 Å². The van der Waals surface area contributed by atoms with Crippen molar-refractivity contribution in [3.05, 3.63) is 88.0 Å². The molecule has 0 aliphatic rings. The molecular weight excluding hydrogens is 475 g/mol. The first-order valence-electron chi connectivity index (χ1n) is 10.6. The second-order valence-electron chi connectivity index (χ2n) is 7.51. The molecule has 34 heavy (non-hydrogen) atoms. The van der Waals surface area contributed by atoms with Gasteiger partial charge in [0.15, 0.2) is 0 Å². The van der Waals surface area contributed by atoms with Crippen molar-refractivity contribution >= 4 is 51.5 Å². The summed E-state index contributed by atoms with van der Waals surface area (Å²) in [5.41, 5.74) is 2.21. The van der Waals surface area contributed by atoms with Crippen molar-refractivity contribution in [3.63, 3.8) is 0 Å². The molecule has 4 aromatic rings. The molecule has 0 spiro atoms. The molecule has 1 N–H and O–H groups in total. The Morgan fingerprint density at radius 2 is 1.74 bits per heavy atom. The molecule has 0 atom stereocenters. The number of carbonyl (C=O) groups excluding carboxylic acids is 2. The fraction of sp³-hybridized carbons (Fsp3) is 0.154. The molecule has 0 aliphatic heterocycles. The van der Waals surface area contributed by atoms with Crippen LogP contribution in [0.4, 0.5) is 5.69 Å². The fourth-order valence-corrected chi connectivity index (χ4v) is 4.17. The topological polar surface area (TPSA) is 69.6 Å². The van der Waals surface area contributed by atoms with Crippen LogP contribution in [0, 0.1) is 0 Å². The number of carbonyl (C=O) groups is 2. The quantitative estimate of drug-likeness (QED) is 0.232. The summed E-state index contributed by atoms with van der Waals surface area (Å²) in [5.74, 6) is -0.411. The maximum atomic E-state index is 13.3. The van der Waals surface area contributed by atoms with Crippen LogP contribution in [-0.4, -0.2) is 30.0 Å². The number of ether oxygens (including phenoxy) is 2. The number of Topliss-reactive ketones (excluding diaryl/α,β-unsaturated/α-hetero) is 1. The maximum Gasteiger partial charge on any atom is 0.296 e. The zero-order valence-corrected chi connectivity index (χ0v) is 20.1. The number of anilines is 1. The number of amides is 1. The van der Waals surface area contributed by atoms with Gasteiger partial charge in [-0.15, -0.1) is 0 Å². The highest BCUT2D eigenvalue weighted by molar-refractivity contribution is 6.51. The number of methoxy groups -OCH3 is 1. The lowest BCUT2D eigenvalue weighted by Gasteiger charge is -2.08. The molecule has 0 saturated carbocycles. The second-order valence-corrected chi connectivity index (χ2v) is 8.30. The van der Waals surface area contributed by atoms with E-state index in [0.717, 1.165) is 5.56 Å². The van der Waals surface area contributed by atoms with Gasteiger partial charge in [-0.05, 0) is 55.0 Å². The van der Waals surface area contributed by atoms with Crippen molar-refractivity contribution in [1.29, 1.82) is 0 Å². The van der Waals surface area contributed by atoms with E-state index in [2.05, 4.69) is 5.32 Å². The van der Waals surface area contributed by atoms with Crippen LogP contribution in [0.1, 0.15) is 22.8 Å². The van der Waals surface area contributed by atoms with E-state index in [-0.39, 0.29) is 10.7 Å². The van der Waals surface area contributed by atoms with E-state index in [1.54, 1.807) is 47.0 Å². The van der Waals surface area contributed by atoms with Crippen LogP contribution in [0.15, 0.2) is 66.7 Å². The van der Waals surface area contributed by atoms with Gasteiger partial charge in [-0.2, -0.15) is 0 Å². The van der Waals surface area contributed by atoms with Gasteiger partial charge in [0.1, 0.15) is 16.7 Å². The number of nitrogens with zero attached hydrogens (tertiary/aromatic N) is 1. The van der Waals surface area contributed by atoms with Crippen molar-refractivity contribution in [2.75, 3.05) is 19.0 Å². The molecule has 1 heterocycles. The van der Waals surface area contributed by atoms with Crippen LogP contribution >= 0.6 is 23.2 Å². The van der Waals surface area contributed by atoms with Crippen molar-refractivity contribution in [3.8, 4) is 11.5 Å². The lowest BCUT2D eigenvalue weighted by Crippen LogP contribution is -2.23. The fourth-order valence-electron chi connectivity index (χ4n) is 3.70. The van der Waals surface area contributed by atoms with E-state index in [0.29, 0.717) is 46.3 Å². The van der Waals surface area contributed by atoms with Crippen LogP contribution in [0.3, 0.4) is 0 Å². The minimum absolute atomic E-state index is 0.118. The molecule has 174 valence electrons. The Kier molecular flexibility index (Phi) is 7.10. The molecule has 4 rings (SSSR count). The van der Waals surface area contributed by atoms with Crippen LogP contribution in [0.2, 0.25) is 10.2 Å². The first-order valence-corrected chi connectivity index (χ1v) is 11.4. The summed E-state index contributed by atoms with van der Waals surface area (Å²) in [6.07, 6.45) is 0. The number of rotatable bonds is 8. The molecule has 1 aromatic heterocycles. The Hall–Kier alpha value is -3.48. The van der Waals surface area contributed by atoms with Crippen LogP contribution in [0.25, 0.3) is 10.9 Å². The van der Waals surface area contributed by atoms with Crippen LogP contribution in [0.5, 0.6) is 11.5 Å². The molecule has 8 heteroatoms. The Bertz CT molecular complexity index is 1360. The lowest BCUT2D eigenvalue weighted by atomic mass is 10.1. The van der Waals surface area contributed by atoms with Crippen molar-refractivity contribution in [1.82, 2.24) is 4.57 Å². The molecule has 3 aromatic carbocycles. The molecule has 0 saturated heterocycles. The Morgan fingerprint density at radius 1 is 0.971 bits per heavy atom. The van der Waals surface area contributed by atoms with E-state index in [9.17, 15) is 9.59 Å². The summed E-state index contributed by atoms with van der Waals surface area (Å²) >= 11 is 12.7. The number of benzene rings is 3. The Balaban J connectivity index is 1.75. The molecule has 0 fully saturated rings. The second kappa shape index (κ2) is 10.2. The summed E-state index contributed by atoms with van der Waals surface area (Å²) in [4.78, 5) is 26.2. The van der Waals surface area contributed by atoms with E-state index in [1.807, 2.05) is 31.2 Å². The first-order chi connectivity index (χ1) is 16.4. The zero-order chi connectivity index (χ0) is 24.2. The van der Waals surface area contributed by atoms with Gasteiger partial charge in [0.2, 0.25) is 0 Å². The highest BCUT2D eigenvalue weighted by atomic mass is 35.5.